The van der Waals surface area contributed by atoms with Crippen LogP contribution in [0.25, 0.3) is 11.3 Å². The number of nitrogens with zero attached hydrogens (tertiary/aromatic N) is 2. The standard InChI is InChI=1S/C14H11N3O4S/c18-12(19)9-10(13(20)21)16-17(14-15-6-7-22-14)11(9)8-4-2-1-3-5-8/h1-7,14-15H,(H,18,19)(H,20,21). The Kier molecular flexibility index (Phi) is 3.60. The van der Waals surface area contributed by atoms with Crippen LogP contribution in [0.1, 0.15) is 26.3 Å². The van der Waals surface area contributed by atoms with Crippen LogP contribution < -0.4 is 5.32 Å². The van der Waals surface area contributed by atoms with Crippen LogP contribution in [0.2, 0.25) is 0 Å². The largest absolute Gasteiger partial charge is 0.478 e. The van der Waals surface area contributed by atoms with E-state index < -0.39 is 17.6 Å². The number of carboxylic acid groups (broad SMARTS) is 2. The molecule has 0 saturated carbocycles. The van der Waals surface area contributed by atoms with Gasteiger partial charge in [0.1, 0.15) is 5.56 Å². The van der Waals surface area contributed by atoms with E-state index in [1.807, 2.05) is 0 Å². The molecular formula is C14H11N3O4S. The molecule has 112 valence electrons. The van der Waals surface area contributed by atoms with Crippen molar-refractivity contribution >= 4 is 23.7 Å². The lowest BCUT2D eigenvalue weighted by molar-refractivity contribution is 0.0648. The van der Waals surface area contributed by atoms with Crippen LogP contribution >= 0.6 is 11.8 Å². The fraction of sp³-hybridized carbons (Fsp3) is 0.0714. The third kappa shape index (κ3) is 2.33. The summed E-state index contributed by atoms with van der Waals surface area (Å²) in [4.78, 5) is 22.9. The minimum Gasteiger partial charge on any atom is -0.478 e. The van der Waals surface area contributed by atoms with Crippen LogP contribution in [0, 0.1) is 0 Å². The zero-order valence-electron chi connectivity index (χ0n) is 11.1. The molecule has 0 saturated heterocycles. The summed E-state index contributed by atoms with van der Waals surface area (Å²) in [5.41, 5.74) is -0.316. The second-order valence-electron chi connectivity index (χ2n) is 4.45. The molecule has 0 radical (unpaired) electrons. The van der Waals surface area contributed by atoms with E-state index in [1.54, 1.807) is 41.9 Å². The minimum absolute atomic E-state index is 0.263. The first kappa shape index (κ1) is 14.2. The van der Waals surface area contributed by atoms with Crippen molar-refractivity contribution in [3.05, 3.63) is 53.2 Å². The summed E-state index contributed by atoms with van der Waals surface area (Å²) in [6.07, 6.45) is 1.70. The number of aromatic nitrogens is 2. The number of hydrogen-bond donors (Lipinski definition) is 3. The van der Waals surface area contributed by atoms with Crippen LogP contribution in [0.15, 0.2) is 41.9 Å². The average Bonchev–Trinajstić information content (AvgIpc) is 3.15. The highest BCUT2D eigenvalue weighted by Crippen LogP contribution is 2.34. The summed E-state index contributed by atoms with van der Waals surface area (Å²) >= 11 is 1.37. The van der Waals surface area contributed by atoms with Crippen LogP contribution in [-0.4, -0.2) is 31.9 Å². The second-order valence-corrected chi connectivity index (χ2v) is 5.44. The van der Waals surface area contributed by atoms with Crippen molar-refractivity contribution in [2.45, 2.75) is 5.50 Å². The van der Waals surface area contributed by atoms with Crippen LogP contribution in [0.5, 0.6) is 0 Å². The van der Waals surface area contributed by atoms with Gasteiger partial charge in [-0.1, -0.05) is 42.1 Å². The highest BCUT2D eigenvalue weighted by molar-refractivity contribution is 8.02. The molecule has 1 aromatic carbocycles. The van der Waals surface area contributed by atoms with Gasteiger partial charge >= 0.3 is 11.9 Å². The average molecular weight is 317 g/mol. The molecule has 1 aromatic heterocycles. The Hall–Kier alpha value is -2.74. The number of nitrogens with one attached hydrogen (secondary N) is 1. The van der Waals surface area contributed by atoms with Gasteiger partial charge in [-0.25, -0.2) is 14.3 Å². The van der Waals surface area contributed by atoms with Crippen LogP contribution in [0.4, 0.5) is 0 Å². The fourth-order valence-electron chi connectivity index (χ4n) is 2.23. The van der Waals surface area contributed by atoms with Gasteiger partial charge in [0, 0.05) is 11.8 Å². The van der Waals surface area contributed by atoms with Gasteiger partial charge in [0.15, 0.2) is 11.2 Å². The number of carbonyl (C=O) groups is 2. The SMILES string of the molecule is O=C(O)c1nn(C2NC=CS2)c(-c2ccccc2)c1C(=O)O. The van der Waals surface area contributed by atoms with E-state index in [9.17, 15) is 19.8 Å². The monoisotopic (exact) mass is 317 g/mol. The summed E-state index contributed by atoms with van der Waals surface area (Å²) in [6, 6.07) is 8.75. The Labute approximate surface area is 129 Å². The van der Waals surface area contributed by atoms with Gasteiger partial charge < -0.3 is 15.5 Å². The van der Waals surface area contributed by atoms with E-state index in [0.717, 1.165) is 0 Å². The number of carboxylic acids is 2. The summed E-state index contributed by atoms with van der Waals surface area (Å²) in [5, 5.41) is 27.5. The van der Waals surface area contributed by atoms with E-state index in [4.69, 9.17) is 0 Å². The predicted octanol–water partition coefficient (Wildman–Crippen LogP) is 2.21. The van der Waals surface area contributed by atoms with E-state index in [1.165, 1.54) is 16.4 Å². The van der Waals surface area contributed by atoms with Crippen molar-refractivity contribution in [3.63, 3.8) is 0 Å². The highest BCUT2D eigenvalue weighted by atomic mass is 32.2. The molecule has 0 fully saturated rings. The first-order chi connectivity index (χ1) is 10.6. The number of aromatic carboxylic acids is 2. The molecule has 2 heterocycles. The van der Waals surface area contributed by atoms with Crippen LogP contribution in [0.3, 0.4) is 0 Å². The Morgan fingerprint density at radius 3 is 2.45 bits per heavy atom. The second kappa shape index (κ2) is 5.57. The highest BCUT2D eigenvalue weighted by Gasteiger charge is 2.31. The lowest BCUT2D eigenvalue weighted by atomic mass is 10.1. The molecule has 1 atom stereocenters. The Bertz CT molecular complexity index is 762. The lowest BCUT2D eigenvalue weighted by Gasteiger charge is -2.15. The van der Waals surface area contributed by atoms with Crippen molar-refractivity contribution in [1.82, 2.24) is 15.1 Å². The van der Waals surface area contributed by atoms with Gasteiger partial charge in [-0.05, 0) is 5.41 Å². The summed E-state index contributed by atoms with van der Waals surface area (Å²) in [5.74, 6) is -2.69. The number of hydrogen-bond acceptors (Lipinski definition) is 5. The van der Waals surface area contributed by atoms with Crippen molar-refractivity contribution in [2.24, 2.45) is 0 Å². The third-order valence-electron chi connectivity index (χ3n) is 3.11. The number of benzene rings is 1. The molecule has 0 bridgehead atoms. The first-order valence-electron chi connectivity index (χ1n) is 6.30. The lowest BCUT2D eigenvalue weighted by Crippen LogP contribution is -2.18. The van der Waals surface area contributed by atoms with Gasteiger partial charge in [0.05, 0.1) is 5.69 Å². The molecule has 1 aliphatic rings. The molecule has 0 amide bonds. The first-order valence-corrected chi connectivity index (χ1v) is 7.25. The van der Waals surface area contributed by atoms with Crippen LogP contribution in [-0.2, 0) is 0 Å². The quantitative estimate of drug-likeness (QED) is 0.794. The molecule has 22 heavy (non-hydrogen) atoms. The molecule has 7 nitrogen and oxygen atoms in total. The topological polar surface area (TPSA) is 104 Å². The summed E-state index contributed by atoms with van der Waals surface area (Å²) < 4.78 is 1.40. The summed E-state index contributed by atoms with van der Waals surface area (Å²) in [7, 11) is 0. The normalized spacial score (nSPS) is 16.5. The zero-order valence-corrected chi connectivity index (χ0v) is 11.9. The molecule has 8 heteroatoms. The Balaban J connectivity index is 2.27. The van der Waals surface area contributed by atoms with Crippen molar-refractivity contribution in [3.8, 4) is 11.3 Å². The molecular weight excluding hydrogens is 306 g/mol. The fourth-order valence-corrected chi connectivity index (χ4v) is 2.96. The van der Waals surface area contributed by atoms with E-state index >= 15 is 0 Å². The zero-order chi connectivity index (χ0) is 15.7. The van der Waals surface area contributed by atoms with Gasteiger partial charge in [-0.3, -0.25) is 0 Å². The van der Waals surface area contributed by atoms with Gasteiger partial charge in [0.2, 0.25) is 0 Å². The van der Waals surface area contributed by atoms with E-state index in [-0.39, 0.29) is 16.8 Å². The molecule has 3 N–H and O–H groups in total. The molecule has 1 unspecified atom stereocenters. The number of thioether (sulfide) groups is 1. The van der Waals surface area contributed by atoms with Crippen molar-refractivity contribution in [2.75, 3.05) is 0 Å². The maximum absolute atomic E-state index is 11.6. The third-order valence-corrected chi connectivity index (χ3v) is 4.00. The smallest absolute Gasteiger partial charge is 0.357 e. The number of rotatable bonds is 4. The van der Waals surface area contributed by atoms with Gasteiger partial charge in [-0.15, -0.1) is 0 Å². The summed E-state index contributed by atoms with van der Waals surface area (Å²) in [6.45, 7) is 0. The predicted molar refractivity (Wildman–Crippen MR) is 80.5 cm³/mol. The maximum Gasteiger partial charge on any atom is 0.357 e. The Morgan fingerprint density at radius 2 is 1.91 bits per heavy atom. The maximum atomic E-state index is 11.6. The van der Waals surface area contributed by atoms with E-state index in [0.29, 0.717) is 5.56 Å². The van der Waals surface area contributed by atoms with Crippen molar-refractivity contribution in [1.29, 1.82) is 0 Å². The molecule has 0 aliphatic carbocycles. The van der Waals surface area contributed by atoms with Crippen molar-refractivity contribution < 1.29 is 19.8 Å². The molecule has 3 rings (SSSR count). The molecule has 2 aromatic rings. The Morgan fingerprint density at radius 1 is 1.18 bits per heavy atom. The van der Waals surface area contributed by atoms with Gasteiger partial charge in [-0.2, -0.15) is 5.10 Å². The van der Waals surface area contributed by atoms with Gasteiger partial charge in [0.25, 0.3) is 0 Å². The molecule has 0 spiro atoms. The minimum atomic E-state index is -1.37. The van der Waals surface area contributed by atoms with E-state index in [2.05, 4.69) is 10.4 Å². The molecule has 1 aliphatic heterocycles.